The Morgan fingerprint density at radius 1 is 1.26 bits per heavy atom. The van der Waals surface area contributed by atoms with E-state index in [4.69, 9.17) is 9.47 Å². The molecule has 0 heterocycles. The van der Waals surface area contributed by atoms with Crippen molar-refractivity contribution in [1.82, 2.24) is 5.32 Å². The molecule has 1 aromatic rings. The van der Waals surface area contributed by atoms with Crippen molar-refractivity contribution < 1.29 is 19.2 Å². The molecule has 0 aliphatic carbocycles. The number of thioether (sulfide) groups is 1. The topological polar surface area (TPSA) is 90.7 Å². The Bertz CT molecular complexity index is 503. The van der Waals surface area contributed by atoms with Gasteiger partial charge in [-0.2, -0.15) is 0 Å². The Hall–Kier alpha value is -1.64. The van der Waals surface area contributed by atoms with Gasteiger partial charge in [0.05, 0.1) is 16.7 Å². The smallest absolute Gasteiger partial charge is 0.269 e. The number of rotatable bonds is 10. The van der Waals surface area contributed by atoms with Crippen molar-refractivity contribution in [3.63, 3.8) is 0 Å². The highest BCUT2D eigenvalue weighted by Gasteiger charge is 2.17. The van der Waals surface area contributed by atoms with Crippen LogP contribution in [0.1, 0.15) is 20.8 Å². The van der Waals surface area contributed by atoms with Gasteiger partial charge in [-0.3, -0.25) is 14.9 Å². The second-order valence-corrected chi connectivity index (χ2v) is 6.01. The lowest BCUT2D eigenvalue weighted by atomic mass is 10.3. The maximum atomic E-state index is 12.1. The second-order valence-electron chi connectivity index (χ2n) is 4.60. The van der Waals surface area contributed by atoms with Crippen molar-refractivity contribution in [1.29, 1.82) is 0 Å². The third-order valence-corrected chi connectivity index (χ3v) is 3.99. The van der Waals surface area contributed by atoms with E-state index in [9.17, 15) is 14.9 Å². The van der Waals surface area contributed by atoms with Crippen molar-refractivity contribution in [2.24, 2.45) is 0 Å². The zero-order chi connectivity index (χ0) is 17.2. The van der Waals surface area contributed by atoms with Crippen LogP contribution < -0.4 is 5.32 Å². The van der Waals surface area contributed by atoms with Gasteiger partial charge in [0.25, 0.3) is 5.69 Å². The Morgan fingerprint density at radius 2 is 1.83 bits per heavy atom. The van der Waals surface area contributed by atoms with Crippen molar-refractivity contribution in [3.8, 4) is 0 Å². The third kappa shape index (κ3) is 6.98. The summed E-state index contributed by atoms with van der Waals surface area (Å²) in [5.74, 6) is -0.141. The SMILES string of the molecule is CCOC(CNC(=O)C(C)Sc1ccc([N+](=O)[O-])cc1)OCC. The van der Waals surface area contributed by atoms with E-state index in [-0.39, 0.29) is 23.4 Å². The van der Waals surface area contributed by atoms with Crippen molar-refractivity contribution >= 4 is 23.4 Å². The number of hydrogen-bond donors (Lipinski definition) is 1. The summed E-state index contributed by atoms with van der Waals surface area (Å²) < 4.78 is 10.7. The van der Waals surface area contributed by atoms with Crippen molar-refractivity contribution in [3.05, 3.63) is 34.4 Å². The maximum Gasteiger partial charge on any atom is 0.269 e. The van der Waals surface area contributed by atoms with Crippen LogP contribution >= 0.6 is 11.8 Å². The van der Waals surface area contributed by atoms with Crippen molar-refractivity contribution in [2.75, 3.05) is 19.8 Å². The Morgan fingerprint density at radius 3 is 2.30 bits per heavy atom. The van der Waals surface area contributed by atoms with Crippen LogP contribution in [0.3, 0.4) is 0 Å². The van der Waals surface area contributed by atoms with Gasteiger partial charge in [0.1, 0.15) is 0 Å². The molecule has 1 aromatic carbocycles. The van der Waals surface area contributed by atoms with Crippen LogP contribution in [0.2, 0.25) is 0 Å². The second kappa shape index (κ2) is 10.2. The molecule has 0 aliphatic rings. The summed E-state index contributed by atoms with van der Waals surface area (Å²) in [6, 6.07) is 6.12. The number of nitrogens with zero attached hydrogens (tertiary/aromatic N) is 1. The number of nitro benzene ring substituents is 1. The van der Waals surface area contributed by atoms with E-state index in [0.29, 0.717) is 13.2 Å². The van der Waals surface area contributed by atoms with Gasteiger partial charge in [-0.25, -0.2) is 0 Å². The predicted molar refractivity (Wildman–Crippen MR) is 88.5 cm³/mol. The molecule has 0 saturated heterocycles. The molecule has 1 unspecified atom stereocenters. The minimum atomic E-state index is -0.453. The molecule has 0 radical (unpaired) electrons. The maximum absolute atomic E-state index is 12.1. The molecule has 0 aromatic heterocycles. The average molecular weight is 342 g/mol. The Labute approximate surface area is 139 Å². The fourth-order valence-corrected chi connectivity index (χ4v) is 2.66. The Kier molecular flexibility index (Phi) is 8.60. The van der Waals surface area contributed by atoms with Gasteiger partial charge in [-0.1, -0.05) is 0 Å². The molecular weight excluding hydrogens is 320 g/mol. The largest absolute Gasteiger partial charge is 0.351 e. The summed E-state index contributed by atoms with van der Waals surface area (Å²) in [6.45, 7) is 6.80. The molecule has 1 N–H and O–H groups in total. The molecule has 0 aliphatic heterocycles. The first-order valence-electron chi connectivity index (χ1n) is 7.39. The predicted octanol–water partition coefficient (Wildman–Crippen LogP) is 2.59. The van der Waals surface area contributed by atoms with Crippen LogP contribution in [0, 0.1) is 10.1 Å². The molecule has 128 valence electrons. The molecule has 0 saturated carbocycles. The monoisotopic (exact) mass is 342 g/mol. The zero-order valence-corrected chi connectivity index (χ0v) is 14.3. The van der Waals surface area contributed by atoms with Crippen LogP contribution in [0.4, 0.5) is 5.69 Å². The van der Waals surface area contributed by atoms with E-state index in [0.717, 1.165) is 4.90 Å². The average Bonchev–Trinajstić information content (AvgIpc) is 2.53. The number of benzene rings is 1. The zero-order valence-electron chi connectivity index (χ0n) is 13.5. The standard InChI is InChI=1S/C15H22N2O5S/c1-4-21-14(22-5-2)10-16-15(18)11(3)23-13-8-6-12(7-9-13)17(19)20/h6-9,11,14H,4-5,10H2,1-3H3,(H,16,18). The van der Waals surface area contributed by atoms with Crippen LogP contribution in [0.5, 0.6) is 0 Å². The number of hydrogen-bond acceptors (Lipinski definition) is 6. The van der Waals surface area contributed by atoms with E-state index in [1.807, 2.05) is 13.8 Å². The molecular formula is C15H22N2O5S. The molecule has 0 spiro atoms. The summed E-state index contributed by atoms with van der Waals surface area (Å²) in [7, 11) is 0. The molecule has 1 atom stereocenters. The Balaban J connectivity index is 2.48. The summed E-state index contributed by atoms with van der Waals surface area (Å²) in [6.07, 6.45) is -0.453. The summed E-state index contributed by atoms with van der Waals surface area (Å²) >= 11 is 1.33. The fraction of sp³-hybridized carbons (Fsp3) is 0.533. The summed E-state index contributed by atoms with van der Waals surface area (Å²) in [5.41, 5.74) is 0.0303. The van der Waals surface area contributed by atoms with Gasteiger partial charge in [-0.15, -0.1) is 11.8 Å². The highest BCUT2D eigenvalue weighted by atomic mass is 32.2. The number of nitrogens with one attached hydrogen (secondary N) is 1. The quantitative estimate of drug-likeness (QED) is 0.304. The molecule has 1 rings (SSSR count). The van der Waals surface area contributed by atoms with Gasteiger partial charge in [0, 0.05) is 30.2 Å². The summed E-state index contributed by atoms with van der Waals surface area (Å²) in [5, 5.41) is 13.1. The number of nitro groups is 1. The van der Waals surface area contributed by atoms with Crippen LogP contribution in [0.15, 0.2) is 29.2 Å². The van der Waals surface area contributed by atoms with Gasteiger partial charge in [0.15, 0.2) is 6.29 Å². The van der Waals surface area contributed by atoms with Gasteiger partial charge >= 0.3 is 0 Å². The molecule has 0 fully saturated rings. The number of carbonyl (C=O) groups excluding carboxylic acids is 1. The first-order chi connectivity index (χ1) is 11.0. The van der Waals surface area contributed by atoms with Crippen molar-refractivity contribution in [2.45, 2.75) is 37.2 Å². The van der Waals surface area contributed by atoms with Crippen LogP contribution in [-0.4, -0.2) is 42.1 Å². The van der Waals surface area contributed by atoms with E-state index in [2.05, 4.69) is 5.32 Å². The number of amides is 1. The molecule has 8 heteroatoms. The van der Waals surface area contributed by atoms with E-state index < -0.39 is 11.2 Å². The molecule has 1 amide bonds. The lowest BCUT2D eigenvalue weighted by Crippen LogP contribution is -2.38. The number of ether oxygens (including phenoxy) is 2. The lowest BCUT2D eigenvalue weighted by Gasteiger charge is -2.19. The fourth-order valence-electron chi connectivity index (χ4n) is 1.77. The highest BCUT2D eigenvalue weighted by molar-refractivity contribution is 8.00. The number of non-ortho nitro benzene ring substituents is 1. The minimum Gasteiger partial charge on any atom is -0.351 e. The first-order valence-corrected chi connectivity index (χ1v) is 8.27. The minimum absolute atomic E-state index is 0.0303. The van der Waals surface area contributed by atoms with Gasteiger partial charge in [0.2, 0.25) is 5.91 Å². The van der Waals surface area contributed by atoms with E-state index >= 15 is 0 Å². The lowest BCUT2D eigenvalue weighted by molar-refractivity contribution is -0.384. The van der Waals surface area contributed by atoms with E-state index in [1.54, 1.807) is 19.1 Å². The van der Waals surface area contributed by atoms with Gasteiger partial charge < -0.3 is 14.8 Å². The number of carbonyl (C=O) groups is 1. The van der Waals surface area contributed by atoms with Gasteiger partial charge in [-0.05, 0) is 32.9 Å². The third-order valence-electron chi connectivity index (χ3n) is 2.88. The summed E-state index contributed by atoms with van der Waals surface area (Å²) in [4.78, 5) is 23.0. The molecule has 0 bridgehead atoms. The van der Waals surface area contributed by atoms with Crippen LogP contribution in [0.25, 0.3) is 0 Å². The van der Waals surface area contributed by atoms with Crippen LogP contribution in [-0.2, 0) is 14.3 Å². The van der Waals surface area contributed by atoms with E-state index in [1.165, 1.54) is 23.9 Å². The molecule has 7 nitrogen and oxygen atoms in total. The first kappa shape index (κ1) is 19.4. The normalized spacial score (nSPS) is 12.2. The highest BCUT2D eigenvalue weighted by Crippen LogP contribution is 2.25. The molecule has 23 heavy (non-hydrogen) atoms.